The van der Waals surface area contributed by atoms with Crippen molar-refractivity contribution in [1.29, 1.82) is 0 Å². The van der Waals surface area contributed by atoms with Gasteiger partial charge in [-0.15, -0.1) is 0 Å². The summed E-state index contributed by atoms with van der Waals surface area (Å²) >= 11 is 3.44. The van der Waals surface area contributed by atoms with Crippen molar-refractivity contribution in [3.8, 4) is 0 Å². The highest BCUT2D eigenvalue weighted by Crippen LogP contribution is 2.24. The van der Waals surface area contributed by atoms with Crippen LogP contribution in [0.5, 0.6) is 0 Å². The molecule has 1 unspecified atom stereocenters. The Bertz CT molecular complexity index is 557. The Labute approximate surface area is 145 Å². The van der Waals surface area contributed by atoms with Gasteiger partial charge in [0.05, 0.1) is 5.92 Å². The average Bonchev–Trinajstić information content (AvgIpc) is 2.47. The first kappa shape index (κ1) is 17.8. The van der Waals surface area contributed by atoms with Gasteiger partial charge < -0.3 is 15.7 Å². The molecule has 1 atom stereocenters. The van der Waals surface area contributed by atoms with Crippen LogP contribution in [0.25, 0.3) is 0 Å². The summed E-state index contributed by atoms with van der Waals surface area (Å²) in [6.07, 6.45) is 3.48. The Balaban J connectivity index is 1.73. The van der Waals surface area contributed by atoms with E-state index in [1.807, 2.05) is 31.2 Å². The molecular formula is C17H23BrN2O3. The normalized spacial score (nSPS) is 22.2. The molecule has 2 rings (SSSR count). The third-order valence-electron chi connectivity index (χ3n) is 4.22. The molecule has 1 aliphatic carbocycles. The van der Waals surface area contributed by atoms with Crippen LogP contribution in [0.4, 0.5) is 4.79 Å². The molecule has 0 aromatic heterocycles. The summed E-state index contributed by atoms with van der Waals surface area (Å²) in [5.41, 5.74) is 1.16. The maximum atomic E-state index is 12.0. The lowest BCUT2D eigenvalue weighted by atomic mass is 9.86. The van der Waals surface area contributed by atoms with Crippen molar-refractivity contribution in [2.75, 3.05) is 0 Å². The fourth-order valence-corrected chi connectivity index (χ4v) is 3.45. The minimum absolute atomic E-state index is 0.0275. The molecule has 0 spiro atoms. The number of carbonyl (C=O) groups excluding carboxylic acids is 1. The van der Waals surface area contributed by atoms with E-state index >= 15 is 0 Å². The van der Waals surface area contributed by atoms with Gasteiger partial charge in [-0.25, -0.2) is 4.79 Å². The predicted molar refractivity (Wildman–Crippen MR) is 92.4 cm³/mol. The maximum Gasteiger partial charge on any atom is 0.315 e. The van der Waals surface area contributed by atoms with E-state index in [2.05, 4.69) is 26.6 Å². The molecule has 1 aromatic carbocycles. The summed E-state index contributed by atoms with van der Waals surface area (Å²) in [6.45, 7) is 1.97. The van der Waals surface area contributed by atoms with Gasteiger partial charge in [-0.1, -0.05) is 28.1 Å². The molecule has 1 aromatic rings. The lowest BCUT2D eigenvalue weighted by Gasteiger charge is -2.27. The van der Waals surface area contributed by atoms with Gasteiger partial charge in [0.1, 0.15) is 0 Å². The molecule has 5 nitrogen and oxygen atoms in total. The Hall–Kier alpha value is -1.56. The number of benzene rings is 1. The van der Waals surface area contributed by atoms with E-state index < -0.39 is 5.97 Å². The zero-order valence-corrected chi connectivity index (χ0v) is 14.8. The number of halogens is 1. The summed E-state index contributed by atoms with van der Waals surface area (Å²) in [5.74, 6) is -0.984. The van der Waals surface area contributed by atoms with Gasteiger partial charge in [-0.05, 0) is 56.7 Å². The van der Waals surface area contributed by atoms with Gasteiger partial charge >= 0.3 is 12.0 Å². The molecule has 1 fully saturated rings. The van der Waals surface area contributed by atoms with Crippen molar-refractivity contribution in [3.63, 3.8) is 0 Å². The first-order valence-corrected chi connectivity index (χ1v) is 8.77. The van der Waals surface area contributed by atoms with Crippen LogP contribution >= 0.6 is 15.9 Å². The topological polar surface area (TPSA) is 78.4 Å². The second-order valence-corrected chi connectivity index (χ2v) is 7.16. The fourth-order valence-electron chi connectivity index (χ4n) is 3.00. The van der Waals surface area contributed by atoms with E-state index in [-0.39, 0.29) is 24.0 Å². The van der Waals surface area contributed by atoms with Crippen LogP contribution in [0, 0.1) is 5.92 Å². The molecule has 23 heavy (non-hydrogen) atoms. The second-order valence-electron chi connectivity index (χ2n) is 6.24. The van der Waals surface area contributed by atoms with E-state index in [1.165, 1.54) is 0 Å². The highest BCUT2D eigenvalue weighted by Gasteiger charge is 2.26. The molecule has 6 heteroatoms. The summed E-state index contributed by atoms with van der Waals surface area (Å²) < 4.78 is 1.03. The van der Waals surface area contributed by atoms with E-state index in [0.717, 1.165) is 29.3 Å². The number of hydrogen-bond donors (Lipinski definition) is 3. The highest BCUT2D eigenvalue weighted by atomic mass is 79.9. The standard InChI is InChI=1S/C17H23BrN2O3/c1-11(9-12-3-2-4-14(18)10-12)19-17(23)20-15-7-5-13(6-8-15)16(21)22/h2-4,10-11,13,15H,5-9H2,1H3,(H,21,22)(H2,19,20,23). The van der Waals surface area contributed by atoms with Gasteiger partial charge in [0.15, 0.2) is 0 Å². The monoisotopic (exact) mass is 382 g/mol. The molecule has 1 saturated carbocycles. The second kappa shape index (κ2) is 8.34. The number of carbonyl (C=O) groups is 2. The first-order valence-electron chi connectivity index (χ1n) is 7.98. The van der Waals surface area contributed by atoms with Crippen LogP contribution in [0.1, 0.15) is 38.2 Å². The zero-order valence-electron chi connectivity index (χ0n) is 13.2. The predicted octanol–water partition coefficient (Wildman–Crippen LogP) is 3.32. The number of nitrogens with one attached hydrogen (secondary N) is 2. The van der Waals surface area contributed by atoms with Gasteiger partial charge in [-0.3, -0.25) is 4.79 Å². The van der Waals surface area contributed by atoms with Crippen molar-refractivity contribution in [2.24, 2.45) is 5.92 Å². The number of rotatable bonds is 5. The fraction of sp³-hybridized carbons (Fsp3) is 0.529. The molecule has 0 saturated heterocycles. The van der Waals surface area contributed by atoms with Crippen LogP contribution < -0.4 is 10.6 Å². The molecule has 126 valence electrons. The minimum Gasteiger partial charge on any atom is -0.481 e. The summed E-state index contributed by atoms with van der Waals surface area (Å²) in [6, 6.07) is 7.96. The quantitative estimate of drug-likeness (QED) is 0.730. The number of hydrogen-bond acceptors (Lipinski definition) is 2. The van der Waals surface area contributed by atoms with Crippen molar-refractivity contribution in [1.82, 2.24) is 10.6 Å². The average molecular weight is 383 g/mol. The van der Waals surface area contributed by atoms with Crippen LogP contribution in [0.15, 0.2) is 28.7 Å². The molecule has 1 aliphatic rings. The number of amides is 2. The highest BCUT2D eigenvalue weighted by molar-refractivity contribution is 9.10. The number of carboxylic acids is 1. The maximum absolute atomic E-state index is 12.0. The molecule has 3 N–H and O–H groups in total. The number of carboxylic acid groups (broad SMARTS) is 1. The van der Waals surface area contributed by atoms with E-state index in [9.17, 15) is 9.59 Å². The van der Waals surface area contributed by atoms with Gasteiger partial charge in [0, 0.05) is 16.6 Å². The van der Waals surface area contributed by atoms with E-state index in [0.29, 0.717) is 12.8 Å². The largest absolute Gasteiger partial charge is 0.481 e. The van der Waals surface area contributed by atoms with Crippen molar-refractivity contribution in [3.05, 3.63) is 34.3 Å². The van der Waals surface area contributed by atoms with Gasteiger partial charge in [0.2, 0.25) is 0 Å². The van der Waals surface area contributed by atoms with Gasteiger partial charge in [-0.2, -0.15) is 0 Å². The summed E-state index contributed by atoms with van der Waals surface area (Å²) in [7, 11) is 0. The zero-order chi connectivity index (χ0) is 16.8. The molecule has 0 heterocycles. The third-order valence-corrected chi connectivity index (χ3v) is 4.71. The van der Waals surface area contributed by atoms with Crippen LogP contribution in [-0.2, 0) is 11.2 Å². The molecule has 2 amide bonds. The Kier molecular flexibility index (Phi) is 6.45. The van der Waals surface area contributed by atoms with E-state index in [4.69, 9.17) is 5.11 Å². The van der Waals surface area contributed by atoms with Crippen LogP contribution in [0.2, 0.25) is 0 Å². The van der Waals surface area contributed by atoms with Crippen LogP contribution in [-0.4, -0.2) is 29.2 Å². The molecule has 0 bridgehead atoms. The van der Waals surface area contributed by atoms with Crippen molar-refractivity contribution >= 4 is 27.9 Å². The minimum atomic E-state index is -0.726. The first-order chi connectivity index (χ1) is 10.9. The number of aliphatic carboxylic acids is 1. The summed E-state index contributed by atoms with van der Waals surface area (Å²) in [4.78, 5) is 23.0. The smallest absolute Gasteiger partial charge is 0.315 e. The summed E-state index contributed by atoms with van der Waals surface area (Å²) in [5, 5.41) is 14.9. The van der Waals surface area contributed by atoms with E-state index in [1.54, 1.807) is 0 Å². The lowest BCUT2D eigenvalue weighted by molar-refractivity contribution is -0.142. The molecule has 0 aliphatic heterocycles. The molecular weight excluding hydrogens is 360 g/mol. The Morgan fingerprint density at radius 1 is 1.30 bits per heavy atom. The SMILES string of the molecule is CC(Cc1cccc(Br)c1)NC(=O)NC1CCC(C(=O)O)CC1. The van der Waals surface area contributed by atoms with Crippen LogP contribution in [0.3, 0.4) is 0 Å². The Morgan fingerprint density at radius 2 is 2.00 bits per heavy atom. The van der Waals surface area contributed by atoms with Crippen molar-refractivity contribution < 1.29 is 14.7 Å². The van der Waals surface area contributed by atoms with Crippen molar-refractivity contribution in [2.45, 2.75) is 51.1 Å². The Morgan fingerprint density at radius 3 is 2.61 bits per heavy atom. The lowest BCUT2D eigenvalue weighted by Crippen LogP contribution is -2.47. The van der Waals surface area contributed by atoms with Gasteiger partial charge in [0.25, 0.3) is 0 Å². The number of urea groups is 1. The molecule has 0 radical (unpaired) electrons. The third kappa shape index (κ3) is 5.86.